The summed E-state index contributed by atoms with van der Waals surface area (Å²) in [7, 11) is 1.39. The van der Waals surface area contributed by atoms with E-state index < -0.39 is 0 Å². The van der Waals surface area contributed by atoms with E-state index in [-0.39, 0.29) is 15.5 Å². The van der Waals surface area contributed by atoms with Gasteiger partial charge in [0, 0.05) is 17.8 Å². The number of nitrogens with one attached hydrogen (secondary N) is 1. The van der Waals surface area contributed by atoms with E-state index in [2.05, 4.69) is 46.1 Å². The first-order valence-electron chi connectivity index (χ1n) is 4.40. The minimum atomic E-state index is -0.259. The Labute approximate surface area is 98.5 Å². The minimum Gasteiger partial charge on any atom is -0.468 e. The summed E-state index contributed by atoms with van der Waals surface area (Å²) in [5, 5.41) is 3.22. The molecule has 0 saturated heterocycles. The summed E-state index contributed by atoms with van der Waals surface area (Å²) >= 11 is 5.05. The van der Waals surface area contributed by atoms with Gasteiger partial charge in [-0.25, -0.2) is 0 Å². The highest BCUT2D eigenvalue weighted by atomic mass is 79.9. The van der Waals surface area contributed by atoms with Crippen molar-refractivity contribution in [3.8, 4) is 0 Å². The van der Waals surface area contributed by atoms with E-state index in [0.717, 1.165) is 6.54 Å². The van der Waals surface area contributed by atoms with Crippen molar-refractivity contribution in [2.75, 3.05) is 26.5 Å². The average Bonchev–Trinajstić information content (AvgIpc) is 2.16. The Morgan fingerprint density at radius 1 is 1.64 bits per heavy atom. The third-order valence-electron chi connectivity index (χ3n) is 1.88. The lowest BCUT2D eigenvalue weighted by atomic mass is 10.2. The maximum atomic E-state index is 11.0. The van der Waals surface area contributed by atoms with Gasteiger partial charge < -0.3 is 10.1 Å². The second-order valence-corrected chi connectivity index (χ2v) is 6.20. The Bertz CT molecular complexity index is 188. The molecule has 0 bridgehead atoms. The van der Waals surface area contributed by atoms with E-state index in [1.165, 1.54) is 7.11 Å². The van der Waals surface area contributed by atoms with Crippen molar-refractivity contribution in [2.24, 2.45) is 0 Å². The molecule has 0 aliphatic heterocycles. The highest BCUT2D eigenvalue weighted by Crippen LogP contribution is 2.19. The van der Waals surface area contributed by atoms with Gasteiger partial charge in [0.25, 0.3) is 0 Å². The summed E-state index contributed by atoms with van der Waals surface area (Å²) in [6.45, 7) is 5.78. The Balaban J connectivity index is 3.69. The molecule has 0 aromatic rings. The van der Waals surface area contributed by atoms with Crippen LogP contribution in [0.25, 0.3) is 0 Å². The number of esters is 1. The number of ether oxygens (including phenoxy) is 1. The van der Waals surface area contributed by atoms with Gasteiger partial charge in [-0.1, -0.05) is 15.9 Å². The van der Waals surface area contributed by atoms with Gasteiger partial charge in [0.05, 0.1) is 7.11 Å². The van der Waals surface area contributed by atoms with Crippen molar-refractivity contribution in [3.05, 3.63) is 0 Å². The van der Waals surface area contributed by atoms with Crippen LogP contribution < -0.4 is 5.32 Å². The van der Waals surface area contributed by atoms with Crippen LogP contribution in [0.3, 0.4) is 0 Å². The lowest BCUT2D eigenvalue weighted by Gasteiger charge is -2.22. The molecule has 0 aliphatic rings. The Morgan fingerprint density at radius 2 is 2.21 bits per heavy atom. The Morgan fingerprint density at radius 3 is 2.64 bits per heavy atom. The number of hydrogen-bond donors (Lipinski definition) is 1. The molecule has 14 heavy (non-hydrogen) atoms. The third kappa shape index (κ3) is 5.88. The van der Waals surface area contributed by atoms with Crippen LogP contribution in [0.2, 0.25) is 0 Å². The number of methoxy groups -OCH3 is 1. The van der Waals surface area contributed by atoms with Crippen LogP contribution in [0.4, 0.5) is 0 Å². The first kappa shape index (κ1) is 14.3. The summed E-state index contributed by atoms with van der Waals surface area (Å²) in [5.74, 6) is -0.237. The van der Waals surface area contributed by atoms with Crippen LogP contribution in [0, 0.1) is 0 Å². The summed E-state index contributed by atoms with van der Waals surface area (Å²) in [4.78, 5) is 10.8. The van der Waals surface area contributed by atoms with Crippen molar-refractivity contribution < 1.29 is 9.53 Å². The molecule has 84 valence electrons. The second-order valence-electron chi connectivity index (χ2n) is 3.59. The number of halogens is 1. The van der Waals surface area contributed by atoms with Crippen molar-refractivity contribution in [3.63, 3.8) is 0 Å². The normalized spacial score (nSPS) is 13.8. The number of alkyl halides is 1. The van der Waals surface area contributed by atoms with Crippen LogP contribution in [-0.2, 0) is 9.53 Å². The highest BCUT2D eigenvalue weighted by Gasteiger charge is 2.18. The fourth-order valence-corrected chi connectivity index (χ4v) is 1.45. The van der Waals surface area contributed by atoms with Gasteiger partial charge in [0.2, 0.25) is 0 Å². The number of carbonyl (C=O) groups excluding carboxylic acids is 1. The fraction of sp³-hybridized carbons (Fsp3) is 0.889. The van der Waals surface area contributed by atoms with Gasteiger partial charge in [-0.15, -0.1) is 0 Å². The van der Waals surface area contributed by atoms with E-state index in [1.54, 1.807) is 11.8 Å². The van der Waals surface area contributed by atoms with Gasteiger partial charge in [-0.3, -0.25) is 4.79 Å². The van der Waals surface area contributed by atoms with Crippen LogP contribution >= 0.6 is 27.7 Å². The summed E-state index contributed by atoms with van der Waals surface area (Å²) in [6, 6.07) is 0. The molecule has 5 heteroatoms. The molecule has 0 heterocycles. The molecular formula is C9H18BrNO2S. The molecule has 1 unspecified atom stereocenters. The molecule has 0 saturated carbocycles. The van der Waals surface area contributed by atoms with Gasteiger partial charge >= 0.3 is 5.97 Å². The lowest BCUT2D eigenvalue weighted by molar-refractivity contribution is -0.139. The Hall–Kier alpha value is 0.260. The predicted molar refractivity (Wildman–Crippen MR) is 65.2 cm³/mol. The van der Waals surface area contributed by atoms with E-state index in [9.17, 15) is 4.79 Å². The maximum Gasteiger partial charge on any atom is 0.320 e. The Kier molecular flexibility index (Phi) is 6.81. The van der Waals surface area contributed by atoms with Crippen LogP contribution in [0.15, 0.2) is 0 Å². The predicted octanol–water partition coefficient (Wildman–Crippen LogP) is 1.65. The van der Waals surface area contributed by atoms with Crippen molar-refractivity contribution in [1.29, 1.82) is 0 Å². The van der Waals surface area contributed by atoms with E-state index >= 15 is 0 Å². The number of rotatable bonds is 6. The zero-order chi connectivity index (χ0) is 11.2. The quantitative estimate of drug-likeness (QED) is 0.594. The van der Waals surface area contributed by atoms with Gasteiger partial charge in [0.15, 0.2) is 0 Å². The summed E-state index contributed by atoms with van der Waals surface area (Å²) in [5.41, 5.74) is 0. The molecule has 3 nitrogen and oxygen atoms in total. The van der Waals surface area contributed by atoms with Crippen molar-refractivity contribution in [1.82, 2.24) is 5.32 Å². The lowest BCUT2D eigenvalue weighted by Crippen LogP contribution is -2.37. The minimum absolute atomic E-state index is 0.197. The third-order valence-corrected chi connectivity index (χ3v) is 3.83. The molecule has 0 amide bonds. The molecule has 0 rings (SSSR count). The van der Waals surface area contributed by atoms with Crippen LogP contribution in [-0.4, -0.2) is 42.0 Å². The van der Waals surface area contributed by atoms with Crippen LogP contribution in [0.5, 0.6) is 0 Å². The van der Waals surface area contributed by atoms with Crippen molar-refractivity contribution >= 4 is 33.7 Å². The molecule has 0 spiro atoms. The standard InChI is InChI=1S/C9H18BrNO2S/c1-9(2,14-4)6-11-5-7(10)8(12)13-3/h7,11H,5-6H2,1-4H3. The zero-order valence-electron chi connectivity index (χ0n) is 9.09. The zero-order valence-corrected chi connectivity index (χ0v) is 11.5. The molecule has 0 aromatic heterocycles. The van der Waals surface area contributed by atoms with E-state index in [1.807, 2.05) is 0 Å². The summed E-state index contributed by atoms with van der Waals surface area (Å²) < 4.78 is 4.79. The highest BCUT2D eigenvalue weighted by molar-refractivity contribution is 9.10. The van der Waals surface area contributed by atoms with Crippen molar-refractivity contribution in [2.45, 2.75) is 23.4 Å². The first-order valence-corrected chi connectivity index (χ1v) is 6.55. The average molecular weight is 284 g/mol. The SMILES string of the molecule is COC(=O)C(Br)CNCC(C)(C)SC. The van der Waals surface area contributed by atoms with Crippen LogP contribution in [0.1, 0.15) is 13.8 Å². The molecule has 0 aromatic carbocycles. The number of carbonyl (C=O) groups is 1. The molecule has 0 radical (unpaired) electrons. The summed E-state index contributed by atoms with van der Waals surface area (Å²) in [6.07, 6.45) is 2.08. The van der Waals surface area contributed by atoms with Gasteiger partial charge in [-0.2, -0.15) is 11.8 Å². The fourth-order valence-electron chi connectivity index (χ4n) is 0.783. The molecule has 1 atom stereocenters. The monoisotopic (exact) mass is 283 g/mol. The number of thioether (sulfide) groups is 1. The van der Waals surface area contributed by atoms with Gasteiger partial charge in [0.1, 0.15) is 4.83 Å². The molecule has 0 fully saturated rings. The smallest absolute Gasteiger partial charge is 0.320 e. The number of hydrogen-bond acceptors (Lipinski definition) is 4. The maximum absolute atomic E-state index is 11.0. The van der Waals surface area contributed by atoms with E-state index in [0.29, 0.717) is 6.54 Å². The molecular weight excluding hydrogens is 266 g/mol. The molecule has 0 aliphatic carbocycles. The first-order chi connectivity index (χ1) is 6.43. The van der Waals surface area contributed by atoms with Gasteiger partial charge in [-0.05, 0) is 20.1 Å². The second kappa shape index (κ2) is 6.69. The van der Waals surface area contributed by atoms with E-state index in [4.69, 9.17) is 0 Å². The molecule has 1 N–H and O–H groups in total. The topological polar surface area (TPSA) is 38.3 Å². The largest absolute Gasteiger partial charge is 0.468 e.